The van der Waals surface area contributed by atoms with E-state index in [0.717, 1.165) is 6.42 Å². The van der Waals surface area contributed by atoms with Crippen LogP contribution in [0.1, 0.15) is 22.3 Å². The van der Waals surface area contributed by atoms with Gasteiger partial charge in [0.15, 0.2) is 0 Å². The fraction of sp³-hybridized carbons (Fsp3) is 0.294. The molecule has 0 bridgehead atoms. The average molecular weight is 307 g/mol. The van der Waals surface area contributed by atoms with E-state index in [1.54, 1.807) is 12.1 Å². The zero-order valence-corrected chi connectivity index (χ0v) is 13.0. The number of aryl methyl sites for hydroxylation is 2. The highest BCUT2D eigenvalue weighted by Crippen LogP contribution is 2.21. The van der Waals surface area contributed by atoms with Crippen molar-refractivity contribution in [2.75, 3.05) is 0 Å². The molecule has 3 N–H and O–H groups in total. The first-order chi connectivity index (χ1) is 10.0. The lowest BCUT2D eigenvalue weighted by molar-refractivity contribution is 0.506. The maximum atomic E-state index is 13.8. The van der Waals surface area contributed by atoms with Gasteiger partial charge in [0.1, 0.15) is 5.82 Å². The van der Waals surface area contributed by atoms with Gasteiger partial charge >= 0.3 is 0 Å². The van der Waals surface area contributed by atoms with Crippen molar-refractivity contribution in [2.45, 2.75) is 32.7 Å². The van der Waals surface area contributed by atoms with Crippen LogP contribution in [0.2, 0.25) is 5.02 Å². The number of benzene rings is 2. The molecule has 2 aromatic rings. The fourth-order valence-corrected chi connectivity index (χ4v) is 2.62. The van der Waals surface area contributed by atoms with Crippen molar-refractivity contribution in [3.8, 4) is 0 Å². The first-order valence-electron chi connectivity index (χ1n) is 6.96. The largest absolute Gasteiger partial charge is 0.271 e. The third kappa shape index (κ3) is 4.03. The summed E-state index contributed by atoms with van der Waals surface area (Å²) in [5.74, 6) is 5.33. The van der Waals surface area contributed by atoms with Crippen LogP contribution in [0, 0.1) is 19.7 Å². The van der Waals surface area contributed by atoms with E-state index in [1.165, 1.54) is 22.8 Å². The molecule has 21 heavy (non-hydrogen) atoms. The smallest absolute Gasteiger partial charge is 0.127 e. The topological polar surface area (TPSA) is 38.0 Å². The molecule has 0 aliphatic carbocycles. The lowest BCUT2D eigenvalue weighted by atomic mass is 9.97. The van der Waals surface area contributed by atoms with E-state index in [-0.39, 0.29) is 11.9 Å². The molecule has 0 fully saturated rings. The normalized spacial score (nSPS) is 12.4. The Morgan fingerprint density at radius 1 is 1.14 bits per heavy atom. The predicted molar refractivity (Wildman–Crippen MR) is 85.8 cm³/mol. The van der Waals surface area contributed by atoms with Gasteiger partial charge in [-0.1, -0.05) is 35.9 Å². The summed E-state index contributed by atoms with van der Waals surface area (Å²) in [6, 6.07) is 11.0. The lowest BCUT2D eigenvalue weighted by Crippen LogP contribution is -2.38. The number of hydrogen-bond acceptors (Lipinski definition) is 2. The van der Waals surface area contributed by atoms with Crippen molar-refractivity contribution < 1.29 is 4.39 Å². The predicted octanol–water partition coefficient (Wildman–Crippen LogP) is 3.71. The Morgan fingerprint density at radius 2 is 1.90 bits per heavy atom. The van der Waals surface area contributed by atoms with Gasteiger partial charge in [-0.2, -0.15) is 0 Å². The van der Waals surface area contributed by atoms with E-state index in [1.807, 2.05) is 0 Å². The zero-order chi connectivity index (χ0) is 15.4. The summed E-state index contributed by atoms with van der Waals surface area (Å²) in [6.07, 6.45) is 1.18. The van der Waals surface area contributed by atoms with Crippen molar-refractivity contribution in [1.29, 1.82) is 0 Å². The second kappa shape index (κ2) is 7.03. The Kier molecular flexibility index (Phi) is 5.34. The van der Waals surface area contributed by atoms with E-state index in [2.05, 4.69) is 37.5 Å². The van der Waals surface area contributed by atoms with Crippen LogP contribution < -0.4 is 11.3 Å². The van der Waals surface area contributed by atoms with E-state index in [9.17, 15) is 4.39 Å². The second-order valence-corrected chi connectivity index (χ2v) is 5.80. The van der Waals surface area contributed by atoms with Gasteiger partial charge in [0.05, 0.1) is 0 Å². The number of hydrogen-bond donors (Lipinski definition) is 2. The molecule has 0 spiro atoms. The molecule has 1 unspecified atom stereocenters. The summed E-state index contributed by atoms with van der Waals surface area (Å²) < 4.78 is 13.8. The summed E-state index contributed by atoms with van der Waals surface area (Å²) in [7, 11) is 0. The van der Waals surface area contributed by atoms with Gasteiger partial charge in [-0.3, -0.25) is 11.3 Å². The Labute approximate surface area is 130 Å². The molecule has 2 aromatic carbocycles. The lowest BCUT2D eigenvalue weighted by Gasteiger charge is -2.18. The van der Waals surface area contributed by atoms with Gasteiger partial charge in [-0.15, -0.1) is 0 Å². The Hall–Kier alpha value is -1.42. The van der Waals surface area contributed by atoms with Crippen LogP contribution in [0.5, 0.6) is 0 Å². The summed E-state index contributed by atoms with van der Waals surface area (Å²) >= 11 is 6.07. The third-order valence-electron chi connectivity index (χ3n) is 3.80. The maximum Gasteiger partial charge on any atom is 0.127 e. The van der Waals surface area contributed by atoms with Gasteiger partial charge in [0.25, 0.3) is 0 Å². The minimum absolute atomic E-state index is 0.0680. The van der Waals surface area contributed by atoms with Gasteiger partial charge < -0.3 is 0 Å². The van der Waals surface area contributed by atoms with Gasteiger partial charge in [0, 0.05) is 16.6 Å². The fourth-order valence-electron chi connectivity index (χ4n) is 2.38. The van der Waals surface area contributed by atoms with Crippen molar-refractivity contribution in [3.05, 3.63) is 69.5 Å². The summed E-state index contributed by atoms with van der Waals surface area (Å²) in [5, 5.41) is 0.440. The standard InChI is InChI=1S/C17H20ClFN2/c1-11-6-7-13(8-12(11)2)9-14(21-20)10-15-16(18)4-3-5-17(15)19/h3-8,14,21H,9-10,20H2,1-2H3. The van der Waals surface area contributed by atoms with Crippen molar-refractivity contribution in [2.24, 2.45) is 5.84 Å². The summed E-state index contributed by atoms with van der Waals surface area (Å²) in [5.41, 5.74) is 6.94. The molecule has 0 amide bonds. The quantitative estimate of drug-likeness (QED) is 0.653. The van der Waals surface area contributed by atoms with E-state index >= 15 is 0 Å². The molecule has 0 heterocycles. The van der Waals surface area contributed by atoms with Crippen molar-refractivity contribution in [3.63, 3.8) is 0 Å². The maximum absolute atomic E-state index is 13.8. The molecular weight excluding hydrogens is 287 g/mol. The minimum atomic E-state index is -0.289. The molecular formula is C17H20ClFN2. The van der Waals surface area contributed by atoms with Crippen molar-refractivity contribution >= 4 is 11.6 Å². The number of hydrazine groups is 1. The first-order valence-corrected chi connectivity index (χ1v) is 7.34. The molecule has 0 saturated carbocycles. The van der Waals surface area contributed by atoms with Gasteiger partial charge in [0.2, 0.25) is 0 Å². The molecule has 2 rings (SSSR count). The molecule has 0 aromatic heterocycles. The van der Waals surface area contributed by atoms with Crippen LogP contribution >= 0.6 is 11.6 Å². The monoisotopic (exact) mass is 306 g/mol. The number of halogens is 2. The second-order valence-electron chi connectivity index (χ2n) is 5.39. The average Bonchev–Trinajstić information content (AvgIpc) is 2.45. The SMILES string of the molecule is Cc1ccc(CC(Cc2c(F)cccc2Cl)NN)cc1C. The molecule has 0 saturated heterocycles. The molecule has 4 heteroatoms. The minimum Gasteiger partial charge on any atom is -0.271 e. The van der Waals surface area contributed by atoms with E-state index in [4.69, 9.17) is 17.4 Å². The highest BCUT2D eigenvalue weighted by atomic mass is 35.5. The van der Waals surface area contributed by atoms with Crippen LogP contribution in [0.25, 0.3) is 0 Å². The van der Waals surface area contributed by atoms with E-state index in [0.29, 0.717) is 17.0 Å². The molecule has 0 aliphatic rings. The molecule has 0 aliphatic heterocycles. The Bertz CT molecular complexity index is 608. The highest BCUT2D eigenvalue weighted by Gasteiger charge is 2.14. The van der Waals surface area contributed by atoms with Gasteiger partial charge in [-0.05, 0) is 55.5 Å². The first kappa shape index (κ1) is 16.0. The number of nitrogens with one attached hydrogen (secondary N) is 1. The van der Waals surface area contributed by atoms with Crippen LogP contribution in [0.15, 0.2) is 36.4 Å². The summed E-state index contributed by atoms with van der Waals surface area (Å²) in [4.78, 5) is 0. The van der Waals surface area contributed by atoms with Crippen LogP contribution in [-0.2, 0) is 12.8 Å². The molecule has 112 valence electrons. The Morgan fingerprint density at radius 3 is 2.52 bits per heavy atom. The number of rotatable bonds is 5. The van der Waals surface area contributed by atoms with Crippen LogP contribution in [-0.4, -0.2) is 6.04 Å². The van der Waals surface area contributed by atoms with Gasteiger partial charge in [-0.25, -0.2) is 4.39 Å². The Balaban J connectivity index is 2.15. The summed E-state index contributed by atoms with van der Waals surface area (Å²) in [6.45, 7) is 4.16. The highest BCUT2D eigenvalue weighted by molar-refractivity contribution is 6.31. The molecule has 0 radical (unpaired) electrons. The molecule has 1 atom stereocenters. The third-order valence-corrected chi connectivity index (χ3v) is 4.16. The van der Waals surface area contributed by atoms with Crippen molar-refractivity contribution in [1.82, 2.24) is 5.43 Å². The molecule has 2 nitrogen and oxygen atoms in total. The zero-order valence-electron chi connectivity index (χ0n) is 12.3. The van der Waals surface area contributed by atoms with Crippen LogP contribution in [0.4, 0.5) is 4.39 Å². The van der Waals surface area contributed by atoms with E-state index < -0.39 is 0 Å². The van der Waals surface area contributed by atoms with Crippen LogP contribution in [0.3, 0.4) is 0 Å². The number of nitrogens with two attached hydrogens (primary N) is 1.